The van der Waals surface area contributed by atoms with Gasteiger partial charge in [-0.25, -0.2) is 4.39 Å². The summed E-state index contributed by atoms with van der Waals surface area (Å²) < 4.78 is 13.7. The summed E-state index contributed by atoms with van der Waals surface area (Å²) in [5, 5.41) is 13.0. The van der Waals surface area contributed by atoms with Gasteiger partial charge in [-0.2, -0.15) is 0 Å². The van der Waals surface area contributed by atoms with E-state index in [-0.39, 0.29) is 11.4 Å². The molecule has 1 aromatic carbocycles. The number of benzene rings is 1. The molecule has 0 aliphatic carbocycles. The first-order chi connectivity index (χ1) is 7.97. The summed E-state index contributed by atoms with van der Waals surface area (Å²) in [4.78, 5) is 0. The Balaban J connectivity index is 2.88. The number of hydrogen-bond donors (Lipinski definition) is 3. The Bertz CT molecular complexity index is 382. The van der Waals surface area contributed by atoms with Gasteiger partial charge in [0.15, 0.2) is 0 Å². The van der Waals surface area contributed by atoms with Gasteiger partial charge in [-0.15, -0.1) is 0 Å². The maximum Gasteiger partial charge on any atom is 0.129 e. The highest BCUT2D eigenvalue weighted by Crippen LogP contribution is 2.23. The number of halogens is 1. The van der Waals surface area contributed by atoms with E-state index < -0.39 is 12.1 Å². The van der Waals surface area contributed by atoms with Crippen molar-refractivity contribution in [3.8, 4) is 0 Å². The highest BCUT2D eigenvalue weighted by Gasteiger charge is 2.20. The van der Waals surface area contributed by atoms with Crippen LogP contribution in [0.5, 0.6) is 0 Å². The second-order valence-corrected chi connectivity index (χ2v) is 4.46. The van der Waals surface area contributed by atoms with E-state index >= 15 is 0 Å². The maximum atomic E-state index is 13.7. The Labute approximate surface area is 102 Å². The molecule has 0 aliphatic rings. The summed E-state index contributed by atoms with van der Waals surface area (Å²) in [6.45, 7) is 4.43. The molecule has 0 spiro atoms. The molecule has 4 N–H and O–H groups in total. The molecule has 2 atom stereocenters. The fraction of sp³-hybridized carbons (Fsp3) is 0.538. The lowest BCUT2D eigenvalue weighted by atomic mass is 9.96. The van der Waals surface area contributed by atoms with Gasteiger partial charge >= 0.3 is 0 Å². The van der Waals surface area contributed by atoms with Crippen LogP contribution in [0.15, 0.2) is 12.1 Å². The Morgan fingerprint density at radius 1 is 1.35 bits per heavy atom. The summed E-state index contributed by atoms with van der Waals surface area (Å²) in [5.74, 6) is -0.388. The number of aryl methyl sites for hydroxylation is 2. The van der Waals surface area contributed by atoms with E-state index in [1.807, 2.05) is 20.9 Å². The molecule has 1 aromatic rings. The molecule has 96 valence electrons. The molecule has 0 aliphatic heterocycles. The van der Waals surface area contributed by atoms with Crippen molar-refractivity contribution in [2.75, 3.05) is 13.6 Å². The first-order valence-electron chi connectivity index (χ1n) is 5.82. The van der Waals surface area contributed by atoms with Crippen LogP contribution < -0.4 is 11.1 Å². The Morgan fingerprint density at radius 2 is 1.94 bits per heavy atom. The fourth-order valence-corrected chi connectivity index (χ4v) is 1.73. The topological polar surface area (TPSA) is 58.3 Å². The van der Waals surface area contributed by atoms with Crippen LogP contribution in [-0.4, -0.2) is 24.7 Å². The lowest BCUT2D eigenvalue weighted by Crippen LogP contribution is -2.32. The van der Waals surface area contributed by atoms with Gasteiger partial charge in [-0.1, -0.05) is 6.07 Å². The van der Waals surface area contributed by atoms with E-state index in [0.717, 1.165) is 11.1 Å². The molecule has 0 saturated carbocycles. The third-order valence-corrected chi connectivity index (χ3v) is 3.06. The zero-order valence-electron chi connectivity index (χ0n) is 10.6. The molecule has 3 nitrogen and oxygen atoms in total. The van der Waals surface area contributed by atoms with Gasteiger partial charge in [-0.3, -0.25) is 0 Å². The fourth-order valence-electron chi connectivity index (χ4n) is 1.73. The SMILES string of the molecule is CNCCC(N)C(O)c1cc(C)c(C)cc1F. The van der Waals surface area contributed by atoms with Crippen molar-refractivity contribution in [1.29, 1.82) is 0 Å². The smallest absolute Gasteiger partial charge is 0.129 e. The van der Waals surface area contributed by atoms with Gasteiger partial charge in [0.25, 0.3) is 0 Å². The standard InChI is InChI=1S/C13H21FN2O/c1-8-6-10(11(14)7-9(8)2)13(17)12(15)4-5-16-3/h6-7,12-13,16-17H,4-5,15H2,1-3H3. The summed E-state index contributed by atoms with van der Waals surface area (Å²) >= 11 is 0. The summed E-state index contributed by atoms with van der Waals surface area (Å²) in [6, 6.07) is 2.66. The second-order valence-electron chi connectivity index (χ2n) is 4.46. The summed E-state index contributed by atoms with van der Waals surface area (Å²) in [7, 11) is 1.82. The zero-order valence-corrected chi connectivity index (χ0v) is 10.6. The average molecular weight is 240 g/mol. The molecule has 2 unspecified atom stereocenters. The second kappa shape index (κ2) is 6.10. The van der Waals surface area contributed by atoms with Crippen molar-refractivity contribution in [2.45, 2.75) is 32.4 Å². The van der Waals surface area contributed by atoms with E-state index in [1.165, 1.54) is 6.07 Å². The van der Waals surface area contributed by atoms with Crippen LogP contribution in [-0.2, 0) is 0 Å². The normalized spacial score (nSPS) is 14.7. The van der Waals surface area contributed by atoms with Gasteiger partial charge in [0.2, 0.25) is 0 Å². The van der Waals surface area contributed by atoms with Crippen molar-refractivity contribution in [1.82, 2.24) is 5.32 Å². The molecule has 0 aromatic heterocycles. The molecule has 0 radical (unpaired) electrons. The summed E-state index contributed by atoms with van der Waals surface area (Å²) in [5.41, 5.74) is 7.96. The monoisotopic (exact) mass is 240 g/mol. The molecule has 0 amide bonds. The number of aliphatic hydroxyl groups is 1. The molecule has 1 rings (SSSR count). The predicted octanol–water partition coefficient (Wildman–Crippen LogP) is 1.41. The Morgan fingerprint density at radius 3 is 2.53 bits per heavy atom. The maximum absolute atomic E-state index is 13.7. The Hall–Kier alpha value is -0.970. The minimum Gasteiger partial charge on any atom is -0.387 e. The van der Waals surface area contributed by atoms with Gasteiger partial charge in [-0.05, 0) is 51.1 Å². The molecule has 17 heavy (non-hydrogen) atoms. The van der Waals surface area contributed by atoms with Crippen LogP contribution >= 0.6 is 0 Å². The molecule has 0 heterocycles. The van der Waals surface area contributed by atoms with Gasteiger partial charge in [0, 0.05) is 11.6 Å². The molecule has 0 saturated heterocycles. The average Bonchev–Trinajstić information content (AvgIpc) is 2.29. The zero-order chi connectivity index (χ0) is 13.0. The van der Waals surface area contributed by atoms with Crippen molar-refractivity contribution < 1.29 is 9.50 Å². The molecule has 0 fully saturated rings. The van der Waals surface area contributed by atoms with Crippen LogP contribution in [0.25, 0.3) is 0 Å². The van der Waals surface area contributed by atoms with Crippen LogP contribution in [0, 0.1) is 19.7 Å². The number of hydrogen-bond acceptors (Lipinski definition) is 3. The number of rotatable bonds is 5. The number of nitrogens with one attached hydrogen (secondary N) is 1. The number of aliphatic hydroxyl groups excluding tert-OH is 1. The molecular formula is C13H21FN2O. The summed E-state index contributed by atoms with van der Waals surface area (Å²) in [6.07, 6.45) is -0.355. The molecule has 0 bridgehead atoms. The van der Waals surface area contributed by atoms with Crippen LogP contribution in [0.3, 0.4) is 0 Å². The first-order valence-corrected chi connectivity index (χ1v) is 5.82. The van der Waals surface area contributed by atoms with E-state index in [9.17, 15) is 9.50 Å². The lowest BCUT2D eigenvalue weighted by molar-refractivity contribution is 0.138. The predicted molar refractivity (Wildman–Crippen MR) is 67.4 cm³/mol. The van der Waals surface area contributed by atoms with E-state index in [2.05, 4.69) is 5.32 Å². The highest BCUT2D eigenvalue weighted by molar-refractivity contribution is 5.33. The quantitative estimate of drug-likeness (QED) is 0.729. The first kappa shape index (κ1) is 14.1. The minimum atomic E-state index is -0.956. The van der Waals surface area contributed by atoms with E-state index in [4.69, 9.17) is 5.73 Å². The van der Waals surface area contributed by atoms with Gasteiger partial charge in [0.05, 0.1) is 6.10 Å². The highest BCUT2D eigenvalue weighted by atomic mass is 19.1. The van der Waals surface area contributed by atoms with Crippen molar-refractivity contribution in [2.24, 2.45) is 5.73 Å². The Kier molecular flexibility index (Phi) is 5.05. The third kappa shape index (κ3) is 3.49. The van der Waals surface area contributed by atoms with Crippen molar-refractivity contribution in [3.63, 3.8) is 0 Å². The van der Waals surface area contributed by atoms with Crippen LogP contribution in [0.4, 0.5) is 4.39 Å². The van der Waals surface area contributed by atoms with Crippen molar-refractivity contribution in [3.05, 3.63) is 34.6 Å². The molecule has 4 heteroatoms. The minimum absolute atomic E-state index is 0.289. The van der Waals surface area contributed by atoms with Crippen molar-refractivity contribution >= 4 is 0 Å². The number of nitrogens with two attached hydrogens (primary N) is 1. The van der Waals surface area contributed by atoms with E-state index in [1.54, 1.807) is 6.07 Å². The van der Waals surface area contributed by atoms with Gasteiger partial charge < -0.3 is 16.2 Å². The third-order valence-electron chi connectivity index (χ3n) is 3.06. The lowest BCUT2D eigenvalue weighted by Gasteiger charge is -2.20. The van der Waals surface area contributed by atoms with Crippen LogP contribution in [0.1, 0.15) is 29.2 Å². The van der Waals surface area contributed by atoms with E-state index in [0.29, 0.717) is 13.0 Å². The largest absolute Gasteiger partial charge is 0.387 e. The van der Waals surface area contributed by atoms with Crippen LogP contribution in [0.2, 0.25) is 0 Å². The molecular weight excluding hydrogens is 219 g/mol. The van der Waals surface area contributed by atoms with Gasteiger partial charge in [0.1, 0.15) is 5.82 Å².